The number of rotatable bonds is 8. The van der Waals surface area contributed by atoms with Crippen LogP contribution in [0.15, 0.2) is 23.5 Å². The SMILES string of the molecule is CCn1cnnc1CNC(=NC)NCc1cc(OC)c(OC)c(OC)c1.I. The second-order valence-corrected chi connectivity index (χ2v) is 5.35. The molecular weight excluding hydrogens is 463 g/mol. The monoisotopic (exact) mass is 490 g/mol. The molecule has 0 atom stereocenters. The largest absolute Gasteiger partial charge is 0.493 e. The molecule has 1 aromatic heterocycles. The zero-order valence-electron chi connectivity index (χ0n) is 16.3. The topological polar surface area (TPSA) is 94.8 Å². The van der Waals surface area contributed by atoms with Crippen LogP contribution in [0.2, 0.25) is 0 Å². The molecule has 150 valence electrons. The average Bonchev–Trinajstić information content (AvgIpc) is 3.14. The average molecular weight is 490 g/mol. The van der Waals surface area contributed by atoms with Gasteiger partial charge in [-0.2, -0.15) is 0 Å². The van der Waals surface area contributed by atoms with Crippen molar-refractivity contribution in [2.45, 2.75) is 26.6 Å². The molecule has 0 amide bonds. The van der Waals surface area contributed by atoms with Crippen LogP contribution in [0.5, 0.6) is 17.2 Å². The lowest BCUT2D eigenvalue weighted by atomic mass is 10.2. The first-order chi connectivity index (χ1) is 12.7. The van der Waals surface area contributed by atoms with E-state index in [-0.39, 0.29) is 24.0 Å². The highest BCUT2D eigenvalue weighted by atomic mass is 127. The van der Waals surface area contributed by atoms with Crippen LogP contribution in [-0.2, 0) is 19.6 Å². The molecule has 0 aliphatic heterocycles. The number of ether oxygens (including phenoxy) is 3. The van der Waals surface area contributed by atoms with E-state index in [0.717, 1.165) is 17.9 Å². The summed E-state index contributed by atoms with van der Waals surface area (Å²) in [6, 6.07) is 3.80. The van der Waals surface area contributed by atoms with Crippen molar-refractivity contribution in [2.24, 2.45) is 4.99 Å². The van der Waals surface area contributed by atoms with Crippen molar-refractivity contribution >= 4 is 29.9 Å². The maximum absolute atomic E-state index is 5.38. The van der Waals surface area contributed by atoms with Crippen molar-refractivity contribution in [1.29, 1.82) is 0 Å². The van der Waals surface area contributed by atoms with E-state index in [2.05, 4.69) is 25.8 Å². The van der Waals surface area contributed by atoms with Gasteiger partial charge in [0.2, 0.25) is 5.75 Å². The van der Waals surface area contributed by atoms with Gasteiger partial charge < -0.3 is 29.4 Å². The van der Waals surface area contributed by atoms with Crippen molar-refractivity contribution in [3.8, 4) is 17.2 Å². The van der Waals surface area contributed by atoms with Crippen molar-refractivity contribution in [1.82, 2.24) is 25.4 Å². The van der Waals surface area contributed by atoms with Crippen LogP contribution in [0.25, 0.3) is 0 Å². The van der Waals surface area contributed by atoms with E-state index >= 15 is 0 Å². The molecule has 2 N–H and O–H groups in total. The molecule has 0 radical (unpaired) electrons. The predicted molar refractivity (Wildman–Crippen MR) is 114 cm³/mol. The number of hydrogen-bond acceptors (Lipinski definition) is 6. The fourth-order valence-corrected chi connectivity index (χ4v) is 2.49. The molecule has 0 fully saturated rings. The Morgan fingerprint density at radius 2 is 1.70 bits per heavy atom. The standard InChI is InChI=1S/C17H26N6O3.HI/c1-6-23-11-21-22-15(23)10-20-17(18-2)19-9-12-7-13(24-3)16(26-5)14(8-12)25-4;/h7-8,11H,6,9-10H2,1-5H3,(H2,18,19,20);1H. The van der Waals surface area contributed by atoms with E-state index in [9.17, 15) is 0 Å². The van der Waals surface area contributed by atoms with Crippen LogP contribution in [-0.4, -0.2) is 49.1 Å². The Hall–Kier alpha value is -2.24. The molecule has 1 aromatic carbocycles. The molecule has 2 aromatic rings. The second kappa shape index (κ2) is 11.5. The van der Waals surface area contributed by atoms with E-state index in [1.165, 1.54) is 0 Å². The fraction of sp³-hybridized carbons (Fsp3) is 0.471. The number of aryl methyl sites for hydroxylation is 1. The summed E-state index contributed by atoms with van der Waals surface area (Å²) in [4.78, 5) is 4.23. The highest BCUT2D eigenvalue weighted by Gasteiger charge is 2.13. The third kappa shape index (κ3) is 5.88. The first-order valence-electron chi connectivity index (χ1n) is 8.26. The Morgan fingerprint density at radius 1 is 1.07 bits per heavy atom. The number of aliphatic imine (C=N–C) groups is 1. The Kier molecular flexibility index (Phi) is 9.68. The van der Waals surface area contributed by atoms with Gasteiger partial charge in [-0.1, -0.05) is 0 Å². The number of aromatic nitrogens is 3. The van der Waals surface area contributed by atoms with Crippen molar-refractivity contribution in [3.05, 3.63) is 29.8 Å². The van der Waals surface area contributed by atoms with Crippen molar-refractivity contribution < 1.29 is 14.2 Å². The number of halogens is 1. The maximum Gasteiger partial charge on any atom is 0.203 e. The van der Waals surface area contributed by atoms with Gasteiger partial charge in [-0.15, -0.1) is 34.2 Å². The van der Waals surface area contributed by atoms with Crippen molar-refractivity contribution in [2.75, 3.05) is 28.4 Å². The van der Waals surface area contributed by atoms with Gasteiger partial charge in [0.15, 0.2) is 23.3 Å². The quantitative estimate of drug-likeness (QED) is 0.331. The van der Waals surface area contributed by atoms with E-state index < -0.39 is 0 Å². The summed E-state index contributed by atoms with van der Waals surface area (Å²) in [5, 5.41) is 14.5. The molecule has 0 saturated carbocycles. The highest BCUT2D eigenvalue weighted by molar-refractivity contribution is 14.0. The summed E-state index contributed by atoms with van der Waals surface area (Å²) < 4.78 is 18.1. The Bertz CT molecular complexity index is 725. The minimum atomic E-state index is 0. The number of guanidine groups is 1. The van der Waals surface area contributed by atoms with E-state index in [0.29, 0.717) is 36.3 Å². The summed E-state index contributed by atoms with van der Waals surface area (Å²) in [5.74, 6) is 3.30. The molecule has 0 unspecified atom stereocenters. The zero-order valence-corrected chi connectivity index (χ0v) is 18.6. The Morgan fingerprint density at radius 3 is 2.22 bits per heavy atom. The summed E-state index contributed by atoms with van der Waals surface area (Å²) in [6.45, 7) is 3.94. The van der Waals surface area contributed by atoms with Gasteiger partial charge in [0.05, 0.1) is 27.9 Å². The summed E-state index contributed by atoms with van der Waals surface area (Å²) in [5.41, 5.74) is 0.971. The van der Waals surface area contributed by atoms with Crippen LogP contribution in [0.3, 0.4) is 0 Å². The third-order valence-electron chi connectivity index (χ3n) is 3.86. The van der Waals surface area contributed by atoms with Gasteiger partial charge in [-0.3, -0.25) is 4.99 Å². The Balaban J connectivity index is 0.00000364. The minimum Gasteiger partial charge on any atom is -0.493 e. The minimum absolute atomic E-state index is 0. The molecule has 10 heteroatoms. The normalized spacial score (nSPS) is 10.8. The molecule has 1 heterocycles. The number of nitrogens with one attached hydrogen (secondary N) is 2. The smallest absolute Gasteiger partial charge is 0.203 e. The lowest BCUT2D eigenvalue weighted by Gasteiger charge is -2.16. The molecule has 0 aliphatic rings. The number of hydrogen-bond donors (Lipinski definition) is 2. The van der Waals surface area contributed by atoms with Crippen molar-refractivity contribution in [3.63, 3.8) is 0 Å². The second-order valence-electron chi connectivity index (χ2n) is 5.35. The van der Waals surface area contributed by atoms with Gasteiger partial charge in [0.25, 0.3) is 0 Å². The third-order valence-corrected chi connectivity index (χ3v) is 3.86. The highest BCUT2D eigenvalue weighted by Crippen LogP contribution is 2.38. The summed E-state index contributed by atoms with van der Waals surface area (Å²) >= 11 is 0. The van der Waals surface area contributed by atoms with E-state index in [4.69, 9.17) is 14.2 Å². The van der Waals surface area contributed by atoms with Crippen LogP contribution < -0.4 is 24.8 Å². The molecule has 0 spiro atoms. The number of methoxy groups -OCH3 is 3. The van der Waals surface area contributed by atoms with Gasteiger partial charge >= 0.3 is 0 Å². The number of nitrogens with zero attached hydrogens (tertiary/aromatic N) is 4. The van der Waals surface area contributed by atoms with Crippen LogP contribution in [0.1, 0.15) is 18.3 Å². The molecule has 0 saturated heterocycles. The van der Waals surface area contributed by atoms with Crippen LogP contribution in [0.4, 0.5) is 0 Å². The predicted octanol–water partition coefficient (Wildman–Crippen LogP) is 1.81. The number of benzene rings is 1. The maximum atomic E-state index is 5.38. The lowest BCUT2D eigenvalue weighted by Crippen LogP contribution is -2.37. The zero-order chi connectivity index (χ0) is 18.9. The fourth-order valence-electron chi connectivity index (χ4n) is 2.49. The van der Waals surface area contributed by atoms with E-state index in [1.807, 2.05) is 23.6 Å². The molecular formula is C17H27IN6O3. The van der Waals surface area contributed by atoms with Crippen LogP contribution >= 0.6 is 24.0 Å². The molecule has 0 bridgehead atoms. The first-order valence-corrected chi connectivity index (χ1v) is 8.26. The molecule has 27 heavy (non-hydrogen) atoms. The molecule has 0 aliphatic carbocycles. The van der Waals surface area contributed by atoms with Gasteiger partial charge in [0, 0.05) is 20.1 Å². The van der Waals surface area contributed by atoms with Gasteiger partial charge in [-0.25, -0.2) is 0 Å². The summed E-state index contributed by atoms with van der Waals surface area (Å²) in [6.07, 6.45) is 1.71. The summed E-state index contributed by atoms with van der Waals surface area (Å²) in [7, 11) is 6.49. The van der Waals surface area contributed by atoms with Crippen LogP contribution in [0, 0.1) is 0 Å². The van der Waals surface area contributed by atoms with Gasteiger partial charge in [-0.05, 0) is 24.6 Å². The lowest BCUT2D eigenvalue weighted by molar-refractivity contribution is 0.323. The van der Waals surface area contributed by atoms with E-state index in [1.54, 1.807) is 34.7 Å². The Labute approximate surface area is 176 Å². The molecule has 9 nitrogen and oxygen atoms in total. The molecule has 2 rings (SSSR count). The first kappa shape index (κ1) is 22.8. The van der Waals surface area contributed by atoms with Gasteiger partial charge in [0.1, 0.15) is 6.33 Å².